The van der Waals surface area contributed by atoms with Crippen molar-refractivity contribution in [1.29, 1.82) is 0 Å². The molecule has 0 aliphatic carbocycles. The molecule has 1 aromatic rings. The highest BCUT2D eigenvalue weighted by Crippen LogP contribution is 2.17. The molecule has 0 bridgehead atoms. The van der Waals surface area contributed by atoms with Crippen LogP contribution in [0.4, 0.5) is 0 Å². The maximum absolute atomic E-state index is 12.5. The van der Waals surface area contributed by atoms with E-state index in [1.165, 1.54) is 18.7 Å². The molecular formula is C16H21BrN2O4. The first kappa shape index (κ1) is 19.2. The average molecular weight is 385 g/mol. The SMILES string of the molecule is CC(=O)NCCN(C(=O)Cc1ccc(Br)cc1C)C(C)C(=O)O. The van der Waals surface area contributed by atoms with Gasteiger partial charge < -0.3 is 15.3 Å². The normalized spacial score (nSPS) is 11.7. The number of aliphatic carboxylic acids is 1. The third kappa shape index (κ3) is 6.02. The number of hydrogen-bond acceptors (Lipinski definition) is 3. The monoisotopic (exact) mass is 384 g/mol. The van der Waals surface area contributed by atoms with Gasteiger partial charge in [-0.05, 0) is 37.1 Å². The van der Waals surface area contributed by atoms with E-state index >= 15 is 0 Å². The minimum absolute atomic E-state index is 0.122. The van der Waals surface area contributed by atoms with E-state index in [0.29, 0.717) is 0 Å². The lowest BCUT2D eigenvalue weighted by atomic mass is 10.0. The van der Waals surface area contributed by atoms with Gasteiger partial charge in [-0.3, -0.25) is 9.59 Å². The quantitative estimate of drug-likeness (QED) is 0.749. The Labute approximate surface area is 144 Å². The summed E-state index contributed by atoms with van der Waals surface area (Å²) in [5, 5.41) is 11.8. The minimum atomic E-state index is -1.08. The number of hydrogen-bond donors (Lipinski definition) is 2. The fraction of sp³-hybridized carbons (Fsp3) is 0.438. The van der Waals surface area contributed by atoms with Crippen LogP contribution in [0.3, 0.4) is 0 Å². The van der Waals surface area contributed by atoms with Gasteiger partial charge in [0.1, 0.15) is 6.04 Å². The number of rotatable bonds is 7. The molecule has 1 aromatic carbocycles. The Morgan fingerprint density at radius 1 is 1.35 bits per heavy atom. The summed E-state index contributed by atoms with van der Waals surface area (Å²) in [6.07, 6.45) is 0.122. The molecular weight excluding hydrogens is 364 g/mol. The Bertz CT molecular complexity index is 604. The number of amides is 2. The number of carbonyl (C=O) groups is 3. The summed E-state index contributed by atoms with van der Waals surface area (Å²) in [7, 11) is 0. The topological polar surface area (TPSA) is 86.7 Å². The lowest BCUT2D eigenvalue weighted by Gasteiger charge is -2.27. The summed E-state index contributed by atoms with van der Waals surface area (Å²) in [4.78, 5) is 35.9. The molecule has 0 heterocycles. The number of nitrogens with one attached hydrogen (secondary N) is 1. The molecule has 0 radical (unpaired) electrons. The van der Waals surface area contributed by atoms with Crippen LogP contribution in [0.15, 0.2) is 22.7 Å². The van der Waals surface area contributed by atoms with E-state index in [2.05, 4.69) is 21.2 Å². The molecule has 0 aliphatic heterocycles. The van der Waals surface area contributed by atoms with Gasteiger partial charge in [-0.1, -0.05) is 22.0 Å². The second-order valence-electron chi connectivity index (χ2n) is 5.33. The van der Waals surface area contributed by atoms with Gasteiger partial charge in [-0.25, -0.2) is 4.79 Å². The van der Waals surface area contributed by atoms with Gasteiger partial charge in [-0.2, -0.15) is 0 Å². The van der Waals surface area contributed by atoms with Crippen molar-refractivity contribution >= 4 is 33.7 Å². The molecule has 1 rings (SSSR count). The standard InChI is InChI=1S/C16H21BrN2O4/c1-10-8-14(17)5-4-13(10)9-15(21)19(11(2)16(22)23)7-6-18-12(3)20/h4-5,8,11H,6-7,9H2,1-3H3,(H,18,20)(H,22,23). The molecule has 126 valence electrons. The molecule has 1 atom stereocenters. The summed E-state index contributed by atoms with van der Waals surface area (Å²) in [6, 6.07) is 4.64. The van der Waals surface area contributed by atoms with Crippen LogP contribution in [0.25, 0.3) is 0 Å². The van der Waals surface area contributed by atoms with E-state index in [0.717, 1.165) is 15.6 Å². The summed E-state index contributed by atoms with van der Waals surface area (Å²) < 4.78 is 0.924. The number of aryl methyl sites for hydroxylation is 1. The molecule has 2 amide bonds. The largest absolute Gasteiger partial charge is 0.480 e. The van der Waals surface area contributed by atoms with Crippen LogP contribution in [-0.2, 0) is 20.8 Å². The molecule has 7 heteroatoms. The van der Waals surface area contributed by atoms with E-state index in [4.69, 9.17) is 0 Å². The predicted molar refractivity (Wildman–Crippen MR) is 90.1 cm³/mol. The van der Waals surface area contributed by atoms with E-state index in [-0.39, 0.29) is 31.3 Å². The molecule has 0 saturated heterocycles. The molecule has 2 N–H and O–H groups in total. The zero-order chi connectivity index (χ0) is 17.6. The van der Waals surface area contributed by atoms with Crippen molar-refractivity contribution in [3.8, 4) is 0 Å². The van der Waals surface area contributed by atoms with Crippen LogP contribution in [0.5, 0.6) is 0 Å². The van der Waals surface area contributed by atoms with Gasteiger partial charge in [0, 0.05) is 24.5 Å². The van der Waals surface area contributed by atoms with Crippen molar-refractivity contribution in [2.45, 2.75) is 33.2 Å². The summed E-state index contributed by atoms with van der Waals surface area (Å²) in [5.41, 5.74) is 1.80. The van der Waals surface area contributed by atoms with Crippen LogP contribution in [0.1, 0.15) is 25.0 Å². The fourth-order valence-corrected chi connectivity index (χ4v) is 2.62. The highest BCUT2D eigenvalue weighted by atomic mass is 79.9. The zero-order valence-corrected chi connectivity index (χ0v) is 15.0. The molecule has 23 heavy (non-hydrogen) atoms. The van der Waals surface area contributed by atoms with Gasteiger partial charge in [0.2, 0.25) is 11.8 Å². The van der Waals surface area contributed by atoms with Gasteiger partial charge >= 0.3 is 5.97 Å². The van der Waals surface area contributed by atoms with Crippen molar-refractivity contribution in [2.24, 2.45) is 0 Å². The van der Waals surface area contributed by atoms with Crippen molar-refractivity contribution in [3.63, 3.8) is 0 Å². The summed E-state index contributed by atoms with van der Waals surface area (Å²) >= 11 is 3.37. The van der Waals surface area contributed by atoms with Crippen molar-refractivity contribution in [2.75, 3.05) is 13.1 Å². The van der Waals surface area contributed by atoms with Crippen molar-refractivity contribution in [3.05, 3.63) is 33.8 Å². The average Bonchev–Trinajstić information content (AvgIpc) is 2.45. The number of halogens is 1. The van der Waals surface area contributed by atoms with Crippen LogP contribution in [0.2, 0.25) is 0 Å². The Balaban J connectivity index is 2.85. The lowest BCUT2D eigenvalue weighted by Crippen LogP contribution is -2.47. The Morgan fingerprint density at radius 2 is 2.00 bits per heavy atom. The number of benzene rings is 1. The smallest absolute Gasteiger partial charge is 0.326 e. The third-order valence-corrected chi connectivity index (χ3v) is 4.01. The van der Waals surface area contributed by atoms with Crippen LogP contribution in [-0.4, -0.2) is 46.9 Å². The molecule has 6 nitrogen and oxygen atoms in total. The number of carboxylic acid groups (broad SMARTS) is 1. The molecule has 0 saturated carbocycles. The van der Waals surface area contributed by atoms with E-state index in [9.17, 15) is 19.5 Å². The van der Waals surface area contributed by atoms with Crippen LogP contribution >= 0.6 is 15.9 Å². The summed E-state index contributed by atoms with van der Waals surface area (Å²) in [6.45, 7) is 5.11. The Morgan fingerprint density at radius 3 is 2.52 bits per heavy atom. The second-order valence-corrected chi connectivity index (χ2v) is 6.25. The Kier molecular flexibility index (Phi) is 7.22. The summed E-state index contributed by atoms with van der Waals surface area (Å²) in [5.74, 6) is -1.58. The number of carboxylic acids is 1. The molecule has 0 aliphatic rings. The number of carbonyl (C=O) groups excluding carboxylic acids is 2. The molecule has 1 unspecified atom stereocenters. The highest BCUT2D eigenvalue weighted by Gasteiger charge is 2.25. The maximum Gasteiger partial charge on any atom is 0.326 e. The van der Waals surface area contributed by atoms with Crippen LogP contribution < -0.4 is 5.32 Å². The molecule has 0 fully saturated rings. The third-order valence-electron chi connectivity index (χ3n) is 3.52. The molecule has 0 spiro atoms. The van der Waals surface area contributed by atoms with Gasteiger partial charge in [0.05, 0.1) is 6.42 Å². The van der Waals surface area contributed by atoms with Gasteiger partial charge in [0.15, 0.2) is 0 Å². The van der Waals surface area contributed by atoms with Crippen molar-refractivity contribution < 1.29 is 19.5 Å². The van der Waals surface area contributed by atoms with Gasteiger partial charge in [0.25, 0.3) is 0 Å². The second kappa shape index (κ2) is 8.67. The van der Waals surface area contributed by atoms with Gasteiger partial charge in [-0.15, -0.1) is 0 Å². The first-order valence-electron chi connectivity index (χ1n) is 7.24. The molecule has 0 aromatic heterocycles. The van der Waals surface area contributed by atoms with E-state index in [1.807, 2.05) is 25.1 Å². The van der Waals surface area contributed by atoms with E-state index < -0.39 is 12.0 Å². The first-order valence-corrected chi connectivity index (χ1v) is 8.03. The van der Waals surface area contributed by atoms with E-state index in [1.54, 1.807) is 0 Å². The first-order chi connectivity index (χ1) is 10.7. The Hall–Kier alpha value is -1.89. The zero-order valence-electron chi connectivity index (χ0n) is 13.4. The number of nitrogens with zero attached hydrogens (tertiary/aromatic N) is 1. The predicted octanol–water partition coefficient (Wildman–Crippen LogP) is 1.74. The fourth-order valence-electron chi connectivity index (χ4n) is 2.14. The van der Waals surface area contributed by atoms with Crippen LogP contribution in [0, 0.1) is 6.92 Å². The highest BCUT2D eigenvalue weighted by molar-refractivity contribution is 9.10. The lowest BCUT2D eigenvalue weighted by molar-refractivity contribution is -0.149. The van der Waals surface area contributed by atoms with Crippen molar-refractivity contribution in [1.82, 2.24) is 10.2 Å². The minimum Gasteiger partial charge on any atom is -0.480 e. The maximum atomic E-state index is 12.5.